The van der Waals surface area contributed by atoms with Gasteiger partial charge in [-0.2, -0.15) is 0 Å². The molecule has 1 fully saturated rings. The number of hydrogen-bond donors (Lipinski definition) is 2. The number of nitrogens with one attached hydrogen (secondary N) is 1. The smallest absolute Gasteiger partial charge is 0.0959 e. The fraction of sp³-hybridized carbons (Fsp3) is 0.429. The minimum absolute atomic E-state index is 0.496. The molecule has 0 aromatic carbocycles. The number of nitrogens with zero attached hydrogens (tertiary/aromatic N) is 2. The van der Waals surface area contributed by atoms with E-state index in [0.717, 1.165) is 17.2 Å². The lowest BCUT2D eigenvalue weighted by molar-refractivity contribution is 0.174. The molecule has 2 aromatic heterocycles. The van der Waals surface area contributed by atoms with Crippen molar-refractivity contribution in [3.05, 3.63) is 46.2 Å². The molecule has 100 valence electrons. The van der Waals surface area contributed by atoms with Crippen LogP contribution < -0.4 is 5.32 Å². The lowest BCUT2D eigenvalue weighted by atomic mass is 10.1. The Labute approximate surface area is 116 Å². The molecule has 1 saturated carbocycles. The SMILES string of the molecule is OC(CNCc1csc(C2CC2)n1)c1ccncc1. The molecule has 0 amide bonds. The van der Waals surface area contributed by atoms with Crippen molar-refractivity contribution >= 4 is 11.3 Å². The summed E-state index contributed by atoms with van der Waals surface area (Å²) >= 11 is 1.75. The minimum atomic E-state index is -0.496. The first-order chi connectivity index (χ1) is 9.33. The molecule has 0 aliphatic heterocycles. The number of hydrogen-bond acceptors (Lipinski definition) is 5. The topological polar surface area (TPSA) is 58.0 Å². The number of aromatic nitrogens is 2. The Morgan fingerprint density at radius 2 is 2.16 bits per heavy atom. The van der Waals surface area contributed by atoms with Crippen LogP contribution in [0.4, 0.5) is 0 Å². The van der Waals surface area contributed by atoms with E-state index in [-0.39, 0.29) is 0 Å². The van der Waals surface area contributed by atoms with Gasteiger partial charge in [0.05, 0.1) is 16.8 Å². The van der Waals surface area contributed by atoms with Crippen molar-refractivity contribution in [3.63, 3.8) is 0 Å². The Kier molecular flexibility index (Phi) is 3.87. The van der Waals surface area contributed by atoms with Gasteiger partial charge in [0.25, 0.3) is 0 Å². The van der Waals surface area contributed by atoms with Crippen LogP contribution in [0.5, 0.6) is 0 Å². The van der Waals surface area contributed by atoms with E-state index in [9.17, 15) is 5.11 Å². The first-order valence-corrected chi connectivity index (χ1v) is 7.44. The van der Waals surface area contributed by atoms with Crippen molar-refractivity contribution in [2.45, 2.75) is 31.4 Å². The van der Waals surface area contributed by atoms with Gasteiger partial charge in [-0.15, -0.1) is 11.3 Å². The van der Waals surface area contributed by atoms with Gasteiger partial charge in [-0.1, -0.05) is 0 Å². The molecule has 2 N–H and O–H groups in total. The zero-order valence-electron chi connectivity index (χ0n) is 10.6. The Hall–Kier alpha value is -1.30. The van der Waals surface area contributed by atoms with Crippen molar-refractivity contribution < 1.29 is 5.11 Å². The summed E-state index contributed by atoms with van der Waals surface area (Å²) in [6, 6.07) is 3.67. The summed E-state index contributed by atoms with van der Waals surface area (Å²) in [5, 5.41) is 16.6. The molecule has 0 bridgehead atoms. The Bertz CT molecular complexity index is 524. The molecule has 0 spiro atoms. The fourth-order valence-corrected chi connectivity index (χ4v) is 2.95. The van der Waals surface area contributed by atoms with Crippen molar-refractivity contribution in [2.75, 3.05) is 6.54 Å². The highest BCUT2D eigenvalue weighted by Gasteiger charge is 2.26. The second-order valence-corrected chi connectivity index (χ2v) is 5.77. The van der Waals surface area contributed by atoms with Gasteiger partial charge in [0, 0.05) is 36.8 Å². The molecule has 1 atom stereocenters. The van der Waals surface area contributed by atoms with Crippen LogP contribution in [0.1, 0.15) is 41.1 Å². The molecule has 3 rings (SSSR count). The van der Waals surface area contributed by atoms with Crippen LogP contribution >= 0.6 is 11.3 Å². The van der Waals surface area contributed by atoms with Crippen LogP contribution in [0.15, 0.2) is 29.9 Å². The number of rotatable bonds is 6. The van der Waals surface area contributed by atoms with E-state index in [4.69, 9.17) is 0 Å². The third-order valence-corrected chi connectivity index (χ3v) is 4.29. The summed E-state index contributed by atoms with van der Waals surface area (Å²) < 4.78 is 0. The van der Waals surface area contributed by atoms with Crippen LogP contribution in [0.3, 0.4) is 0 Å². The van der Waals surface area contributed by atoms with Gasteiger partial charge in [0.15, 0.2) is 0 Å². The van der Waals surface area contributed by atoms with Gasteiger partial charge in [-0.05, 0) is 30.5 Å². The van der Waals surface area contributed by atoms with Gasteiger partial charge >= 0.3 is 0 Å². The predicted molar refractivity (Wildman–Crippen MR) is 75.0 cm³/mol. The third kappa shape index (κ3) is 3.37. The van der Waals surface area contributed by atoms with E-state index in [1.165, 1.54) is 17.8 Å². The van der Waals surface area contributed by atoms with Crippen molar-refractivity contribution in [1.82, 2.24) is 15.3 Å². The number of aliphatic hydroxyl groups is 1. The van der Waals surface area contributed by atoms with Crippen molar-refractivity contribution in [3.8, 4) is 0 Å². The lowest BCUT2D eigenvalue weighted by Gasteiger charge is -2.11. The van der Waals surface area contributed by atoms with Crippen molar-refractivity contribution in [1.29, 1.82) is 0 Å². The van der Waals surface area contributed by atoms with E-state index >= 15 is 0 Å². The highest BCUT2D eigenvalue weighted by Crippen LogP contribution is 2.41. The molecule has 5 heteroatoms. The maximum Gasteiger partial charge on any atom is 0.0959 e. The summed E-state index contributed by atoms with van der Waals surface area (Å²) in [5.74, 6) is 0.723. The average molecular weight is 275 g/mol. The summed E-state index contributed by atoms with van der Waals surface area (Å²) in [4.78, 5) is 8.55. The van der Waals surface area contributed by atoms with E-state index in [1.807, 2.05) is 12.1 Å². The molecule has 1 aliphatic carbocycles. The molecular formula is C14H17N3OS. The van der Waals surface area contributed by atoms with Gasteiger partial charge in [0.1, 0.15) is 0 Å². The number of aliphatic hydroxyl groups excluding tert-OH is 1. The maximum atomic E-state index is 9.99. The van der Waals surface area contributed by atoms with E-state index in [1.54, 1.807) is 23.7 Å². The average Bonchev–Trinajstić information content (AvgIpc) is 3.20. The maximum absolute atomic E-state index is 9.99. The first-order valence-electron chi connectivity index (χ1n) is 6.56. The molecule has 0 saturated heterocycles. The molecule has 4 nitrogen and oxygen atoms in total. The molecule has 0 radical (unpaired) electrons. The Morgan fingerprint density at radius 3 is 2.89 bits per heavy atom. The standard InChI is InChI=1S/C14H17N3OS/c18-13(10-3-5-15-6-4-10)8-16-7-12-9-19-14(17-12)11-1-2-11/h3-6,9,11,13,16,18H,1-2,7-8H2. The zero-order chi connectivity index (χ0) is 13.1. The minimum Gasteiger partial charge on any atom is -0.387 e. The van der Waals surface area contributed by atoms with E-state index in [2.05, 4.69) is 20.7 Å². The van der Waals surface area contributed by atoms with Gasteiger partial charge < -0.3 is 10.4 Å². The summed E-state index contributed by atoms with van der Waals surface area (Å²) in [5.41, 5.74) is 1.97. The summed E-state index contributed by atoms with van der Waals surface area (Å²) in [7, 11) is 0. The fourth-order valence-electron chi connectivity index (χ4n) is 1.96. The molecule has 19 heavy (non-hydrogen) atoms. The van der Waals surface area contributed by atoms with Gasteiger partial charge in [-0.25, -0.2) is 4.98 Å². The number of pyridine rings is 1. The first kappa shape index (κ1) is 12.7. The normalized spacial score (nSPS) is 16.5. The highest BCUT2D eigenvalue weighted by molar-refractivity contribution is 7.09. The second-order valence-electron chi connectivity index (χ2n) is 4.88. The van der Waals surface area contributed by atoms with Gasteiger partial charge in [-0.3, -0.25) is 4.98 Å². The van der Waals surface area contributed by atoms with Gasteiger partial charge in [0.2, 0.25) is 0 Å². The molecular weight excluding hydrogens is 258 g/mol. The van der Waals surface area contributed by atoms with Crippen LogP contribution in [-0.2, 0) is 6.54 Å². The summed E-state index contributed by atoms with van der Waals surface area (Å²) in [6.45, 7) is 1.24. The van der Waals surface area contributed by atoms with Crippen LogP contribution in [0.2, 0.25) is 0 Å². The second kappa shape index (κ2) is 5.77. The monoisotopic (exact) mass is 275 g/mol. The third-order valence-electron chi connectivity index (χ3n) is 3.23. The Morgan fingerprint density at radius 1 is 1.37 bits per heavy atom. The molecule has 2 heterocycles. The Balaban J connectivity index is 1.47. The summed E-state index contributed by atoms with van der Waals surface area (Å²) in [6.07, 6.45) is 5.48. The largest absolute Gasteiger partial charge is 0.387 e. The van der Waals surface area contributed by atoms with Crippen LogP contribution in [0, 0.1) is 0 Å². The quantitative estimate of drug-likeness (QED) is 0.849. The zero-order valence-corrected chi connectivity index (χ0v) is 11.4. The lowest BCUT2D eigenvalue weighted by Crippen LogP contribution is -2.21. The van der Waals surface area contributed by atoms with Crippen LogP contribution in [-0.4, -0.2) is 21.6 Å². The predicted octanol–water partition coefficient (Wildman–Crippen LogP) is 2.24. The molecule has 1 unspecified atom stereocenters. The highest BCUT2D eigenvalue weighted by atomic mass is 32.1. The van der Waals surface area contributed by atoms with E-state index < -0.39 is 6.10 Å². The van der Waals surface area contributed by atoms with Crippen molar-refractivity contribution in [2.24, 2.45) is 0 Å². The molecule has 2 aromatic rings. The molecule has 1 aliphatic rings. The van der Waals surface area contributed by atoms with E-state index in [0.29, 0.717) is 13.1 Å². The van der Waals surface area contributed by atoms with Crippen LogP contribution in [0.25, 0.3) is 0 Å². The number of thiazole rings is 1.